The van der Waals surface area contributed by atoms with Gasteiger partial charge in [-0.25, -0.2) is 0 Å². The zero-order valence-corrected chi connectivity index (χ0v) is 9.50. The van der Waals surface area contributed by atoms with Gasteiger partial charge in [-0.05, 0) is 38.6 Å². The lowest BCUT2D eigenvalue weighted by atomic mass is 9.90. The Morgan fingerprint density at radius 1 is 1.20 bits per heavy atom. The summed E-state index contributed by atoms with van der Waals surface area (Å²) in [4.78, 5) is 0. The molecule has 0 aromatic rings. The molecule has 0 aromatic heterocycles. The molecule has 0 radical (unpaired) electrons. The van der Waals surface area contributed by atoms with E-state index >= 15 is 0 Å². The average Bonchev–Trinajstić information content (AvgIpc) is 2.30. The molecular formula is C11H24N2O2. The summed E-state index contributed by atoms with van der Waals surface area (Å²) in [6, 6.07) is 0. The summed E-state index contributed by atoms with van der Waals surface area (Å²) in [6.07, 6.45) is 5.14. The standard InChI is InChI=1S/C11H24N2O2/c12-10-11(4-8-15-9-5-11)13-6-2-1-3-7-14/h13-14H,1-10,12H2. The van der Waals surface area contributed by atoms with Crippen molar-refractivity contribution in [3.63, 3.8) is 0 Å². The van der Waals surface area contributed by atoms with Gasteiger partial charge in [-0.3, -0.25) is 0 Å². The monoisotopic (exact) mass is 216 g/mol. The van der Waals surface area contributed by atoms with Crippen molar-refractivity contribution in [2.75, 3.05) is 32.9 Å². The van der Waals surface area contributed by atoms with E-state index in [9.17, 15) is 0 Å². The normalized spacial score (nSPS) is 20.4. The van der Waals surface area contributed by atoms with Gasteiger partial charge in [0.15, 0.2) is 0 Å². The highest BCUT2D eigenvalue weighted by Gasteiger charge is 2.29. The zero-order valence-electron chi connectivity index (χ0n) is 9.50. The minimum atomic E-state index is 0.109. The molecule has 0 atom stereocenters. The number of unbranched alkanes of at least 4 members (excludes halogenated alkanes) is 2. The minimum absolute atomic E-state index is 0.109. The molecule has 15 heavy (non-hydrogen) atoms. The number of aliphatic hydroxyl groups excluding tert-OH is 1. The maximum absolute atomic E-state index is 8.65. The molecule has 0 bridgehead atoms. The molecule has 0 amide bonds. The molecule has 1 saturated heterocycles. The summed E-state index contributed by atoms with van der Waals surface area (Å²) in [5, 5.41) is 12.2. The highest BCUT2D eigenvalue weighted by molar-refractivity contribution is 4.90. The third-order valence-electron chi connectivity index (χ3n) is 3.18. The molecule has 1 aliphatic heterocycles. The molecule has 1 fully saturated rings. The number of ether oxygens (including phenoxy) is 1. The van der Waals surface area contributed by atoms with E-state index in [4.69, 9.17) is 15.6 Å². The third-order valence-corrected chi connectivity index (χ3v) is 3.18. The van der Waals surface area contributed by atoms with Gasteiger partial charge in [-0.1, -0.05) is 0 Å². The predicted octanol–water partition coefficient (Wildman–Crippen LogP) is 0.246. The fraction of sp³-hybridized carbons (Fsp3) is 1.00. The molecule has 1 aliphatic rings. The van der Waals surface area contributed by atoms with E-state index in [-0.39, 0.29) is 5.54 Å². The van der Waals surface area contributed by atoms with Crippen LogP contribution in [0.1, 0.15) is 32.1 Å². The van der Waals surface area contributed by atoms with E-state index in [1.807, 2.05) is 0 Å². The molecule has 4 heteroatoms. The Bertz CT molecular complexity index is 159. The fourth-order valence-electron chi connectivity index (χ4n) is 1.98. The highest BCUT2D eigenvalue weighted by atomic mass is 16.5. The first-order valence-corrected chi connectivity index (χ1v) is 5.97. The van der Waals surface area contributed by atoms with E-state index in [0.29, 0.717) is 13.2 Å². The van der Waals surface area contributed by atoms with Crippen LogP contribution in [0.25, 0.3) is 0 Å². The molecule has 0 saturated carbocycles. The first kappa shape index (κ1) is 12.9. The largest absolute Gasteiger partial charge is 0.396 e. The number of hydrogen-bond acceptors (Lipinski definition) is 4. The number of aliphatic hydroxyl groups is 1. The lowest BCUT2D eigenvalue weighted by Gasteiger charge is -2.37. The summed E-state index contributed by atoms with van der Waals surface area (Å²) in [7, 11) is 0. The van der Waals surface area contributed by atoms with Crippen molar-refractivity contribution in [3.8, 4) is 0 Å². The lowest BCUT2D eigenvalue weighted by molar-refractivity contribution is 0.0414. The van der Waals surface area contributed by atoms with Gasteiger partial charge in [-0.15, -0.1) is 0 Å². The minimum Gasteiger partial charge on any atom is -0.396 e. The maximum Gasteiger partial charge on any atom is 0.0484 e. The average molecular weight is 216 g/mol. The van der Waals surface area contributed by atoms with Crippen LogP contribution >= 0.6 is 0 Å². The van der Waals surface area contributed by atoms with Crippen LogP contribution in [0.5, 0.6) is 0 Å². The van der Waals surface area contributed by atoms with Crippen LogP contribution in [0, 0.1) is 0 Å². The summed E-state index contributed by atoms with van der Waals surface area (Å²) in [6.45, 7) is 3.63. The number of nitrogens with two attached hydrogens (primary N) is 1. The van der Waals surface area contributed by atoms with Gasteiger partial charge in [0.2, 0.25) is 0 Å². The van der Waals surface area contributed by atoms with Crippen molar-refractivity contribution in [3.05, 3.63) is 0 Å². The zero-order chi connectivity index (χ0) is 11.0. The topological polar surface area (TPSA) is 67.5 Å². The highest BCUT2D eigenvalue weighted by Crippen LogP contribution is 2.19. The molecule has 0 unspecified atom stereocenters. The summed E-state index contributed by atoms with van der Waals surface area (Å²) < 4.78 is 5.34. The molecular weight excluding hydrogens is 192 g/mol. The molecule has 1 rings (SSSR count). The van der Waals surface area contributed by atoms with E-state index in [0.717, 1.165) is 51.9 Å². The van der Waals surface area contributed by atoms with Gasteiger partial charge in [0, 0.05) is 31.9 Å². The Morgan fingerprint density at radius 3 is 2.53 bits per heavy atom. The molecule has 90 valence electrons. The second kappa shape index (κ2) is 7.17. The first-order chi connectivity index (χ1) is 7.33. The van der Waals surface area contributed by atoms with Crippen LogP contribution in [0.15, 0.2) is 0 Å². The van der Waals surface area contributed by atoms with Gasteiger partial charge < -0.3 is 20.9 Å². The second-order valence-corrected chi connectivity index (χ2v) is 4.31. The third kappa shape index (κ3) is 4.47. The molecule has 0 aromatic carbocycles. The maximum atomic E-state index is 8.65. The van der Waals surface area contributed by atoms with Crippen LogP contribution in [0.3, 0.4) is 0 Å². The second-order valence-electron chi connectivity index (χ2n) is 4.31. The van der Waals surface area contributed by atoms with Crippen LogP contribution in [-0.4, -0.2) is 43.6 Å². The molecule has 4 N–H and O–H groups in total. The Hall–Kier alpha value is -0.160. The van der Waals surface area contributed by atoms with Gasteiger partial charge in [0.25, 0.3) is 0 Å². The van der Waals surface area contributed by atoms with Gasteiger partial charge in [0.05, 0.1) is 0 Å². The van der Waals surface area contributed by atoms with Crippen molar-refractivity contribution in [2.45, 2.75) is 37.6 Å². The van der Waals surface area contributed by atoms with Crippen LogP contribution in [-0.2, 0) is 4.74 Å². The number of rotatable bonds is 7. The van der Waals surface area contributed by atoms with Gasteiger partial charge >= 0.3 is 0 Å². The summed E-state index contributed by atoms with van der Waals surface area (Å²) in [5.41, 5.74) is 5.93. The van der Waals surface area contributed by atoms with Crippen molar-refractivity contribution >= 4 is 0 Å². The van der Waals surface area contributed by atoms with E-state index < -0.39 is 0 Å². The van der Waals surface area contributed by atoms with Crippen LogP contribution < -0.4 is 11.1 Å². The van der Waals surface area contributed by atoms with E-state index in [2.05, 4.69) is 5.32 Å². The van der Waals surface area contributed by atoms with Gasteiger partial charge in [0.1, 0.15) is 0 Å². The molecule has 0 spiro atoms. The van der Waals surface area contributed by atoms with Gasteiger partial charge in [-0.2, -0.15) is 0 Å². The Morgan fingerprint density at radius 2 is 1.93 bits per heavy atom. The van der Waals surface area contributed by atoms with Crippen LogP contribution in [0.2, 0.25) is 0 Å². The Balaban J connectivity index is 2.15. The Kier molecular flexibility index (Phi) is 6.17. The van der Waals surface area contributed by atoms with Crippen molar-refractivity contribution in [1.29, 1.82) is 0 Å². The quantitative estimate of drug-likeness (QED) is 0.534. The molecule has 1 heterocycles. The number of nitrogens with one attached hydrogen (secondary N) is 1. The van der Waals surface area contributed by atoms with Crippen LogP contribution in [0.4, 0.5) is 0 Å². The van der Waals surface area contributed by atoms with Crippen molar-refractivity contribution in [2.24, 2.45) is 5.73 Å². The summed E-state index contributed by atoms with van der Waals surface area (Å²) in [5.74, 6) is 0. The first-order valence-electron chi connectivity index (χ1n) is 5.97. The molecule has 0 aliphatic carbocycles. The van der Waals surface area contributed by atoms with Crippen molar-refractivity contribution < 1.29 is 9.84 Å². The fourth-order valence-corrected chi connectivity index (χ4v) is 1.98. The Labute approximate surface area is 92.2 Å². The lowest BCUT2D eigenvalue weighted by Crippen LogP contribution is -2.54. The predicted molar refractivity (Wildman–Crippen MR) is 60.8 cm³/mol. The van der Waals surface area contributed by atoms with E-state index in [1.54, 1.807) is 0 Å². The molecule has 4 nitrogen and oxygen atoms in total. The SMILES string of the molecule is NCC1(NCCCCCO)CCOCC1. The van der Waals surface area contributed by atoms with E-state index in [1.165, 1.54) is 0 Å². The smallest absolute Gasteiger partial charge is 0.0484 e. The number of hydrogen-bond donors (Lipinski definition) is 3. The summed E-state index contributed by atoms with van der Waals surface area (Å²) >= 11 is 0. The van der Waals surface area contributed by atoms with Crippen molar-refractivity contribution in [1.82, 2.24) is 5.32 Å².